The lowest BCUT2D eigenvalue weighted by Crippen LogP contribution is -2.23. The number of anilines is 1. The number of hydrogen-bond acceptors (Lipinski definition) is 5. The predicted molar refractivity (Wildman–Crippen MR) is 133 cm³/mol. The van der Waals surface area contributed by atoms with E-state index in [0.29, 0.717) is 17.1 Å². The molecular weight excluding hydrogens is 476 g/mol. The zero-order valence-corrected chi connectivity index (χ0v) is 21.0. The predicted octanol–water partition coefficient (Wildman–Crippen LogP) is 5.18. The van der Waals surface area contributed by atoms with Crippen LogP contribution in [-0.4, -0.2) is 27.5 Å². The Hall–Kier alpha value is -3.23. The molecule has 0 fully saturated rings. The highest BCUT2D eigenvalue weighted by atomic mass is 35.5. The molecule has 0 atom stereocenters. The normalized spacial score (nSPS) is 11.2. The molecule has 0 aliphatic rings. The number of sulfonamides is 1. The minimum Gasteiger partial charge on any atom is -0.493 e. The number of halogens is 1. The number of methoxy groups -OCH3 is 1. The van der Waals surface area contributed by atoms with Gasteiger partial charge in [0.25, 0.3) is 15.9 Å². The number of benzene rings is 3. The van der Waals surface area contributed by atoms with E-state index in [2.05, 4.69) is 10.0 Å². The first-order chi connectivity index (χ1) is 16.1. The molecule has 3 aromatic rings. The van der Waals surface area contributed by atoms with Crippen LogP contribution in [0.1, 0.15) is 35.3 Å². The Bertz CT molecular complexity index is 1270. The third-order valence-electron chi connectivity index (χ3n) is 4.85. The SMILES string of the molecule is COc1cc(CNC(=O)c2ccc(NS(=O)(=O)c3ccc(C)cc3)c(Cl)c2)ccc1OC(C)C. The molecule has 3 rings (SSSR count). The molecule has 0 saturated carbocycles. The van der Waals surface area contributed by atoms with Crippen LogP contribution in [0.4, 0.5) is 5.69 Å². The number of carbonyl (C=O) groups excluding carboxylic acids is 1. The molecule has 0 aromatic heterocycles. The van der Waals surface area contributed by atoms with E-state index in [-0.39, 0.29) is 34.2 Å². The lowest BCUT2D eigenvalue weighted by Gasteiger charge is -2.15. The Morgan fingerprint density at radius 1 is 1.00 bits per heavy atom. The highest BCUT2D eigenvalue weighted by Gasteiger charge is 2.17. The second-order valence-corrected chi connectivity index (χ2v) is 10.0. The van der Waals surface area contributed by atoms with Crippen molar-refractivity contribution < 1.29 is 22.7 Å². The Kier molecular flexibility index (Phi) is 8.06. The van der Waals surface area contributed by atoms with Crippen LogP contribution >= 0.6 is 11.6 Å². The van der Waals surface area contributed by atoms with Gasteiger partial charge in [-0.25, -0.2) is 8.42 Å². The van der Waals surface area contributed by atoms with Crippen LogP contribution in [0.15, 0.2) is 65.6 Å². The van der Waals surface area contributed by atoms with Gasteiger partial charge in [0, 0.05) is 12.1 Å². The van der Waals surface area contributed by atoms with Crippen molar-refractivity contribution in [3.8, 4) is 11.5 Å². The topological polar surface area (TPSA) is 93.7 Å². The number of hydrogen-bond donors (Lipinski definition) is 2. The Morgan fingerprint density at radius 2 is 1.71 bits per heavy atom. The maximum atomic E-state index is 12.6. The molecule has 7 nitrogen and oxygen atoms in total. The maximum Gasteiger partial charge on any atom is 0.261 e. The first-order valence-electron chi connectivity index (χ1n) is 10.6. The van der Waals surface area contributed by atoms with Gasteiger partial charge >= 0.3 is 0 Å². The second-order valence-electron chi connectivity index (χ2n) is 7.95. The summed E-state index contributed by atoms with van der Waals surface area (Å²) in [6.07, 6.45) is 0.00791. The van der Waals surface area contributed by atoms with Crippen molar-refractivity contribution >= 4 is 33.2 Å². The summed E-state index contributed by atoms with van der Waals surface area (Å²) in [7, 11) is -2.25. The average Bonchev–Trinajstić information content (AvgIpc) is 2.79. The molecule has 0 unspecified atom stereocenters. The zero-order valence-electron chi connectivity index (χ0n) is 19.4. The van der Waals surface area contributed by atoms with Gasteiger partial charge in [-0.3, -0.25) is 9.52 Å². The fraction of sp³-hybridized carbons (Fsp3) is 0.240. The molecule has 0 radical (unpaired) electrons. The third-order valence-corrected chi connectivity index (χ3v) is 6.54. The highest BCUT2D eigenvalue weighted by molar-refractivity contribution is 7.92. The van der Waals surface area contributed by atoms with Gasteiger partial charge in [0.05, 0.1) is 28.8 Å². The fourth-order valence-corrected chi connectivity index (χ4v) is 4.48. The highest BCUT2D eigenvalue weighted by Crippen LogP contribution is 2.29. The van der Waals surface area contributed by atoms with Gasteiger partial charge in [0.1, 0.15) is 0 Å². The third kappa shape index (κ3) is 6.42. The van der Waals surface area contributed by atoms with Crippen LogP contribution in [0.25, 0.3) is 0 Å². The number of carbonyl (C=O) groups is 1. The molecule has 180 valence electrons. The summed E-state index contributed by atoms with van der Waals surface area (Å²) in [5.41, 5.74) is 2.26. The van der Waals surface area contributed by atoms with E-state index in [1.54, 1.807) is 31.4 Å². The molecule has 9 heteroatoms. The van der Waals surface area contributed by atoms with Crippen molar-refractivity contribution in [1.29, 1.82) is 0 Å². The van der Waals surface area contributed by atoms with Crippen molar-refractivity contribution in [2.45, 2.75) is 38.3 Å². The van der Waals surface area contributed by atoms with E-state index < -0.39 is 10.0 Å². The largest absolute Gasteiger partial charge is 0.493 e. The second kappa shape index (κ2) is 10.8. The fourth-order valence-electron chi connectivity index (χ4n) is 3.12. The molecule has 0 bridgehead atoms. The Labute approximate surface area is 205 Å². The van der Waals surface area contributed by atoms with Gasteiger partial charge in [0.15, 0.2) is 11.5 Å². The smallest absolute Gasteiger partial charge is 0.261 e. The van der Waals surface area contributed by atoms with Gasteiger partial charge in [-0.1, -0.05) is 35.4 Å². The van der Waals surface area contributed by atoms with E-state index in [4.69, 9.17) is 21.1 Å². The number of nitrogens with one attached hydrogen (secondary N) is 2. The minimum absolute atomic E-state index is 0.00791. The number of rotatable bonds is 9. The van der Waals surface area contributed by atoms with Gasteiger partial charge in [0.2, 0.25) is 0 Å². The molecular formula is C25H27ClN2O5S. The molecule has 34 heavy (non-hydrogen) atoms. The summed E-state index contributed by atoms with van der Waals surface area (Å²) in [5.74, 6) is 0.855. The summed E-state index contributed by atoms with van der Waals surface area (Å²) in [6.45, 7) is 5.99. The summed E-state index contributed by atoms with van der Waals surface area (Å²) < 4.78 is 38.8. The summed E-state index contributed by atoms with van der Waals surface area (Å²) >= 11 is 6.27. The van der Waals surface area contributed by atoms with Gasteiger partial charge in [-0.2, -0.15) is 0 Å². The average molecular weight is 503 g/mol. The van der Waals surface area contributed by atoms with Gasteiger partial charge < -0.3 is 14.8 Å². The first-order valence-corrected chi connectivity index (χ1v) is 12.5. The van der Waals surface area contributed by atoms with E-state index in [1.165, 1.54) is 30.3 Å². The van der Waals surface area contributed by atoms with Crippen LogP contribution < -0.4 is 19.5 Å². The van der Waals surface area contributed by atoms with E-state index in [9.17, 15) is 13.2 Å². The lowest BCUT2D eigenvalue weighted by molar-refractivity contribution is 0.0951. The summed E-state index contributed by atoms with van der Waals surface area (Å²) in [4.78, 5) is 12.7. The lowest BCUT2D eigenvalue weighted by atomic mass is 10.1. The molecule has 2 N–H and O–H groups in total. The summed E-state index contributed by atoms with van der Waals surface area (Å²) in [5, 5.41) is 2.93. The maximum absolute atomic E-state index is 12.6. The summed E-state index contributed by atoms with van der Waals surface area (Å²) in [6, 6.07) is 16.3. The molecule has 1 amide bonds. The first kappa shape index (κ1) is 25.4. The molecule has 3 aromatic carbocycles. The Balaban J connectivity index is 1.67. The molecule has 0 aliphatic carbocycles. The molecule has 0 heterocycles. The van der Waals surface area contributed by atoms with Crippen molar-refractivity contribution in [1.82, 2.24) is 5.32 Å². The van der Waals surface area contributed by atoms with E-state index in [1.807, 2.05) is 26.8 Å². The van der Waals surface area contributed by atoms with Crippen molar-refractivity contribution in [3.63, 3.8) is 0 Å². The van der Waals surface area contributed by atoms with E-state index in [0.717, 1.165) is 11.1 Å². The molecule has 0 spiro atoms. The van der Waals surface area contributed by atoms with Crippen LogP contribution in [0.5, 0.6) is 11.5 Å². The molecule has 0 saturated heterocycles. The number of aryl methyl sites for hydroxylation is 1. The molecule has 0 aliphatic heterocycles. The standard InChI is InChI=1S/C25H27ClN2O5S/c1-16(2)33-23-12-7-18(13-24(23)32-4)15-27-25(29)19-8-11-22(21(26)14-19)28-34(30,31)20-9-5-17(3)6-10-20/h5-14,16,28H,15H2,1-4H3,(H,27,29). The quantitative estimate of drug-likeness (QED) is 0.420. The van der Waals surface area contributed by atoms with Crippen molar-refractivity contribution in [2.75, 3.05) is 11.8 Å². The van der Waals surface area contributed by atoms with Crippen LogP contribution in [0, 0.1) is 6.92 Å². The van der Waals surface area contributed by atoms with Crippen LogP contribution in [0.3, 0.4) is 0 Å². The van der Waals surface area contributed by atoms with Gasteiger partial charge in [-0.15, -0.1) is 0 Å². The number of ether oxygens (including phenoxy) is 2. The monoisotopic (exact) mass is 502 g/mol. The van der Waals surface area contributed by atoms with E-state index >= 15 is 0 Å². The van der Waals surface area contributed by atoms with Crippen LogP contribution in [-0.2, 0) is 16.6 Å². The Morgan fingerprint density at radius 3 is 2.32 bits per heavy atom. The zero-order chi connectivity index (χ0) is 24.9. The van der Waals surface area contributed by atoms with Crippen molar-refractivity contribution in [3.05, 3.63) is 82.4 Å². The minimum atomic E-state index is -3.81. The van der Waals surface area contributed by atoms with Crippen molar-refractivity contribution in [2.24, 2.45) is 0 Å². The number of amides is 1. The van der Waals surface area contributed by atoms with Crippen LogP contribution in [0.2, 0.25) is 5.02 Å². The van der Waals surface area contributed by atoms with Gasteiger partial charge in [-0.05, 0) is 68.8 Å².